The first kappa shape index (κ1) is 12.0. The van der Waals surface area contributed by atoms with Gasteiger partial charge < -0.3 is 10.5 Å². The summed E-state index contributed by atoms with van der Waals surface area (Å²) in [5.41, 5.74) is 5.03. The minimum atomic E-state index is -0.810. The molecular weight excluding hydrogens is 244 g/mol. The van der Waals surface area contributed by atoms with Crippen molar-refractivity contribution in [1.29, 1.82) is 0 Å². The highest BCUT2D eigenvalue weighted by Crippen LogP contribution is 2.22. The molecule has 7 heteroatoms. The topological polar surface area (TPSA) is 70.1 Å². The molecule has 18 heavy (non-hydrogen) atoms. The van der Waals surface area contributed by atoms with E-state index in [-0.39, 0.29) is 11.5 Å². The van der Waals surface area contributed by atoms with Crippen LogP contribution in [0.4, 0.5) is 14.6 Å². The number of rotatable bonds is 2. The molecule has 0 aliphatic carbocycles. The first-order valence-electron chi connectivity index (χ1n) is 4.91. The zero-order valence-electron chi connectivity index (χ0n) is 9.35. The Hall–Kier alpha value is -2.44. The number of carbonyl (C=O) groups excluding carboxylic acids is 1. The van der Waals surface area contributed by atoms with Crippen LogP contribution in [-0.2, 0) is 4.74 Å². The number of carbonyl (C=O) groups is 1. The van der Waals surface area contributed by atoms with Crippen LogP contribution >= 0.6 is 0 Å². The van der Waals surface area contributed by atoms with Crippen molar-refractivity contribution >= 4 is 11.8 Å². The minimum absolute atomic E-state index is 0.189. The highest BCUT2D eigenvalue weighted by atomic mass is 19.1. The van der Waals surface area contributed by atoms with Gasteiger partial charge in [-0.15, -0.1) is 0 Å². The summed E-state index contributed by atoms with van der Waals surface area (Å²) in [6.45, 7) is 0. The second-order valence-corrected chi connectivity index (χ2v) is 3.41. The molecule has 0 aliphatic heterocycles. The molecule has 1 aromatic heterocycles. The minimum Gasteiger partial charge on any atom is -0.464 e. The molecule has 2 aromatic rings. The van der Waals surface area contributed by atoms with E-state index in [1.54, 1.807) is 0 Å². The van der Waals surface area contributed by atoms with Gasteiger partial charge in [-0.05, 0) is 12.1 Å². The van der Waals surface area contributed by atoms with E-state index in [4.69, 9.17) is 5.73 Å². The molecule has 0 unspecified atom stereocenters. The standard InChI is InChI=1S/C11H9F2N3O2/c1-18-11(17)8-10(14)16(5-15-8)9-6(12)3-2-4-7(9)13/h2-5H,14H2,1H3. The Balaban J connectivity index is 2.60. The lowest BCUT2D eigenvalue weighted by Gasteiger charge is -2.07. The Labute approximate surface area is 101 Å². The van der Waals surface area contributed by atoms with Gasteiger partial charge in [0.05, 0.1) is 7.11 Å². The Morgan fingerprint density at radius 1 is 1.39 bits per heavy atom. The molecule has 0 radical (unpaired) electrons. The SMILES string of the molecule is COC(=O)c1ncn(-c2c(F)cccc2F)c1N. The summed E-state index contributed by atoms with van der Waals surface area (Å²) in [4.78, 5) is 15.0. The Kier molecular flexibility index (Phi) is 2.97. The van der Waals surface area contributed by atoms with Crippen LogP contribution < -0.4 is 5.73 Å². The smallest absolute Gasteiger partial charge is 0.360 e. The van der Waals surface area contributed by atoms with Crippen molar-refractivity contribution in [3.05, 3.63) is 41.9 Å². The van der Waals surface area contributed by atoms with Gasteiger partial charge >= 0.3 is 5.97 Å². The summed E-state index contributed by atoms with van der Waals surface area (Å²) in [6, 6.07) is 3.38. The van der Waals surface area contributed by atoms with Crippen LogP contribution in [0.25, 0.3) is 5.69 Å². The van der Waals surface area contributed by atoms with Gasteiger partial charge in [-0.25, -0.2) is 18.6 Å². The third kappa shape index (κ3) is 1.79. The summed E-state index contributed by atoms with van der Waals surface area (Å²) in [7, 11) is 1.16. The third-order valence-electron chi connectivity index (χ3n) is 2.36. The van der Waals surface area contributed by atoms with Crippen LogP contribution in [0.2, 0.25) is 0 Å². The lowest BCUT2D eigenvalue weighted by atomic mass is 10.3. The van der Waals surface area contributed by atoms with Gasteiger partial charge in [0.25, 0.3) is 0 Å². The van der Waals surface area contributed by atoms with Crippen molar-refractivity contribution in [1.82, 2.24) is 9.55 Å². The van der Waals surface area contributed by atoms with Crippen LogP contribution in [0.1, 0.15) is 10.5 Å². The highest BCUT2D eigenvalue weighted by molar-refractivity contribution is 5.92. The number of halogens is 2. The molecule has 0 amide bonds. The number of hydrogen-bond acceptors (Lipinski definition) is 4. The number of nitrogens with zero attached hydrogens (tertiary/aromatic N) is 2. The molecule has 0 spiro atoms. The Morgan fingerprint density at radius 2 is 2.00 bits per heavy atom. The molecule has 0 saturated heterocycles. The fraction of sp³-hybridized carbons (Fsp3) is 0.0909. The van der Waals surface area contributed by atoms with Crippen molar-refractivity contribution in [2.24, 2.45) is 0 Å². The summed E-state index contributed by atoms with van der Waals surface area (Å²) in [6.07, 6.45) is 1.06. The predicted molar refractivity (Wildman–Crippen MR) is 59.2 cm³/mol. The van der Waals surface area contributed by atoms with Crippen LogP contribution in [-0.4, -0.2) is 22.6 Å². The van der Waals surface area contributed by atoms with Gasteiger partial charge in [0, 0.05) is 0 Å². The lowest BCUT2D eigenvalue weighted by Crippen LogP contribution is -2.09. The largest absolute Gasteiger partial charge is 0.464 e. The van der Waals surface area contributed by atoms with E-state index in [0.717, 1.165) is 30.1 Å². The van der Waals surface area contributed by atoms with E-state index in [2.05, 4.69) is 9.72 Å². The van der Waals surface area contributed by atoms with E-state index in [1.165, 1.54) is 6.07 Å². The van der Waals surface area contributed by atoms with E-state index >= 15 is 0 Å². The van der Waals surface area contributed by atoms with E-state index in [1.807, 2.05) is 0 Å². The number of ether oxygens (including phenoxy) is 1. The van der Waals surface area contributed by atoms with Gasteiger partial charge in [0.2, 0.25) is 0 Å². The molecule has 0 fully saturated rings. The number of benzene rings is 1. The van der Waals surface area contributed by atoms with Crippen molar-refractivity contribution in [2.45, 2.75) is 0 Å². The zero-order valence-corrected chi connectivity index (χ0v) is 9.35. The normalized spacial score (nSPS) is 10.4. The van der Waals surface area contributed by atoms with Gasteiger partial charge in [-0.2, -0.15) is 0 Å². The second-order valence-electron chi connectivity index (χ2n) is 3.41. The number of methoxy groups -OCH3 is 1. The average molecular weight is 253 g/mol. The van der Waals surface area contributed by atoms with Gasteiger partial charge in [-0.1, -0.05) is 6.07 Å². The van der Waals surface area contributed by atoms with Gasteiger partial charge in [0.1, 0.15) is 29.5 Å². The molecule has 2 rings (SSSR count). The molecule has 0 bridgehead atoms. The number of nitrogen functional groups attached to an aromatic ring is 1. The number of aromatic nitrogens is 2. The van der Waals surface area contributed by atoms with Crippen LogP contribution in [0.15, 0.2) is 24.5 Å². The fourth-order valence-corrected chi connectivity index (χ4v) is 1.51. The summed E-state index contributed by atoms with van der Waals surface area (Å²) in [5.74, 6) is -2.58. The monoisotopic (exact) mass is 253 g/mol. The van der Waals surface area contributed by atoms with Gasteiger partial charge in [0.15, 0.2) is 5.69 Å². The average Bonchev–Trinajstić information content (AvgIpc) is 2.71. The summed E-state index contributed by atoms with van der Waals surface area (Å²) in [5, 5.41) is 0. The molecule has 94 valence electrons. The lowest BCUT2D eigenvalue weighted by molar-refractivity contribution is 0.0596. The number of imidazole rings is 1. The van der Waals surface area contributed by atoms with Crippen LogP contribution in [0.3, 0.4) is 0 Å². The van der Waals surface area contributed by atoms with E-state index in [0.29, 0.717) is 0 Å². The summed E-state index contributed by atoms with van der Waals surface area (Å²) >= 11 is 0. The number of esters is 1. The molecule has 5 nitrogen and oxygen atoms in total. The van der Waals surface area contributed by atoms with E-state index in [9.17, 15) is 13.6 Å². The van der Waals surface area contributed by atoms with Crippen molar-refractivity contribution < 1.29 is 18.3 Å². The predicted octanol–water partition coefficient (Wildman–Crippen LogP) is 1.52. The van der Waals surface area contributed by atoms with Crippen LogP contribution in [0.5, 0.6) is 0 Å². The second kappa shape index (κ2) is 4.44. The maximum atomic E-state index is 13.5. The zero-order chi connectivity index (χ0) is 13.3. The molecule has 0 aliphatic rings. The number of hydrogen-bond donors (Lipinski definition) is 1. The highest BCUT2D eigenvalue weighted by Gasteiger charge is 2.20. The molecule has 0 atom stereocenters. The van der Waals surface area contributed by atoms with Crippen LogP contribution in [0, 0.1) is 11.6 Å². The molecule has 2 N–H and O–H groups in total. The Morgan fingerprint density at radius 3 is 2.56 bits per heavy atom. The quantitative estimate of drug-likeness (QED) is 0.824. The van der Waals surface area contributed by atoms with Gasteiger partial charge in [-0.3, -0.25) is 4.57 Å². The summed E-state index contributed by atoms with van der Waals surface area (Å²) < 4.78 is 32.5. The maximum absolute atomic E-state index is 13.5. The van der Waals surface area contributed by atoms with Crippen molar-refractivity contribution in [3.8, 4) is 5.69 Å². The third-order valence-corrected chi connectivity index (χ3v) is 2.36. The molecule has 0 saturated carbocycles. The number of anilines is 1. The molecule has 1 aromatic carbocycles. The maximum Gasteiger partial charge on any atom is 0.360 e. The van der Waals surface area contributed by atoms with Crippen molar-refractivity contribution in [2.75, 3.05) is 12.8 Å². The van der Waals surface area contributed by atoms with E-state index < -0.39 is 23.3 Å². The van der Waals surface area contributed by atoms with Crippen molar-refractivity contribution in [3.63, 3.8) is 0 Å². The fourth-order valence-electron chi connectivity index (χ4n) is 1.51. The first-order valence-corrected chi connectivity index (χ1v) is 4.91. The molecular formula is C11H9F2N3O2. The molecule has 1 heterocycles. The first-order chi connectivity index (χ1) is 8.56. The number of nitrogens with two attached hydrogens (primary N) is 1. The Bertz CT molecular complexity index is 590. The number of para-hydroxylation sites is 1.